The van der Waals surface area contributed by atoms with Crippen LogP contribution in [-0.2, 0) is 9.59 Å². The van der Waals surface area contributed by atoms with Gasteiger partial charge in [0.2, 0.25) is 5.91 Å². The predicted molar refractivity (Wildman–Crippen MR) is 112 cm³/mol. The van der Waals surface area contributed by atoms with E-state index in [1.807, 2.05) is 45.9 Å². The number of nitrogens with one attached hydrogen (secondary N) is 2. The zero-order chi connectivity index (χ0) is 21.6. The summed E-state index contributed by atoms with van der Waals surface area (Å²) in [6.45, 7) is 7.14. The van der Waals surface area contributed by atoms with Gasteiger partial charge in [0.25, 0.3) is 5.91 Å². The van der Waals surface area contributed by atoms with Crippen LogP contribution in [0.3, 0.4) is 0 Å². The van der Waals surface area contributed by atoms with Crippen molar-refractivity contribution in [2.24, 2.45) is 5.41 Å². The molecule has 1 atom stereocenters. The fraction of sp³-hybridized carbons (Fsp3) is 0.364. The highest BCUT2D eigenvalue weighted by Crippen LogP contribution is 2.29. The Morgan fingerprint density at radius 2 is 1.76 bits per heavy atom. The molecule has 0 radical (unpaired) electrons. The molecule has 2 amide bonds. The molecule has 0 aliphatic carbocycles. The summed E-state index contributed by atoms with van der Waals surface area (Å²) in [4.78, 5) is 24.4. The molecule has 0 spiro atoms. The van der Waals surface area contributed by atoms with Gasteiger partial charge < -0.3 is 25.2 Å². The molecule has 0 aliphatic heterocycles. The van der Waals surface area contributed by atoms with Gasteiger partial charge in [0, 0.05) is 17.2 Å². The van der Waals surface area contributed by atoms with Crippen LogP contribution in [0.4, 0.5) is 11.4 Å². The van der Waals surface area contributed by atoms with Crippen LogP contribution in [0.2, 0.25) is 0 Å². The van der Waals surface area contributed by atoms with Gasteiger partial charge in [0.1, 0.15) is 18.1 Å². The van der Waals surface area contributed by atoms with Gasteiger partial charge in [-0.1, -0.05) is 39.0 Å². The summed E-state index contributed by atoms with van der Waals surface area (Å²) >= 11 is 0. The molecule has 2 rings (SSSR count). The summed E-state index contributed by atoms with van der Waals surface area (Å²) in [5.74, 6) is 0.245. The lowest BCUT2D eigenvalue weighted by Gasteiger charge is -2.19. The SMILES string of the molecule is COc1cc(NC(=O)[C@@H](O)COc2ccccc2C)ccc1NC(=O)C(C)(C)C. The second-order valence-corrected chi connectivity index (χ2v) is 7.70. The van der Waals surface area contributed by atoms with Gasteiger partial charge >= 0.3 is 0 Å². The predicted octanol–water partition coefficient (Wildman–Crippen LogP) is 3.37. The number of amides is 2. The fourth-order valence-corrected chi connectivity index (χ4v) is 2.37. The smallest absolute Gasteiger partial charge is 0.256 e. The lowest BCUT2D eigenvalue weighted by atomic mass is 9.95. The number of ether oxygens (including phenoxy) is 2. The average molecular weight is 400 g/mol. The van der Waals surface area contributed by atoms with Crippen LogP contribution in [0.1, 0.15) is 26.3 Å². The van der Waals surface area contributed by atoms with E-state index in [0.29, 0.717) is 22.9 Å². The number of aryl methyl sites for hydroxylation is 1. The lowest BCUT2D eigenvalue weighted by molar-refractivity contribution is -0.125. The Labute approximate surface area is 171 Å². The van der Waals surface area contributed by atoms with Crippen LogP contribution in [0.15, 0.2) is 42.5 Å². The van der Waals surface area contributed by atoms with Crippen LogP contribution in [-0.4, -0.2) is 36.7 Å². The minimum absolute atomic E-state index is 0.156. The Kier molecular flexibility index (Phi) is 7.23. The molecule has 0 fully saturated rings. The summed E-state index contributed by atoms with van der Waals surface area (Å²) in [5, 5.41) is 15.5. The molecule has 156 valence electrons. The first-order chi connectivity index (χ1) is 13.6. The Morgan fingerprint density at radius 1 is 1.07 bits per heavy atom. The maximum absolute atomic E-state index is 12.3. The molecule has 2 aromatic carbocycles. The van der Waals surface area contributed by atoms with Crippen molar-refractivity contribution in [1.29, 1.82) is 0 Å². The van der Waals surface area contributed by atoms with Gasteiger partial charge in [0.15, 0.2) is 6.10 Å². The van der Waals surface area contributed by atoms with Crippen molar-refractivity contribution in [3.8, 4) is 11.5 Å². The van der Waals surface area contributed by atoms with Crippen molar-refractivity contribution in [2.75, 3.05) is 24.4 Å². The number of anilines is 2. The molecule has 29 heavy (non-hydrogen) atoms. The topological polar surface area (TPSA) is 96.9 Å². The number of methoxy groups -OCH3 is 1. The summed E-state index contributed by atoms with van der Waals surface area (Å²) in [6, 6.07) is 12.2. The zero-order valence-corrected chi connectivity index (χ0v) is 17.4. The largest absolute Gasteiger partial charge is 0.494 e. The molecular weight excluding hydrogens is 372 g/mol. The molecular formula is C22H28N2O5. The van der Waals surface area contributed by atoms with Crippen molar-refractivity contribution >= 4 is 23.2 Å². The maximum atomic E-state index is 12.3. The number of carbonyl (C=O) groups is 2. The Morgan fingerprint density at radius 3 is 2.38 bits per heavy atom. The number of rotatable bonds is 7. The van der Waals surface area contributed by atoms with Gasteiger partial charge in [-0.15, -0.1) is 0 Å². The Balaban J connectivity index is 2.00. The molecule has 0 bridgehead atoms. The number of aliphatic hydroxyl groups is 1. The number of hydrogen-bond donors (Lipinski definition) is 3. The molecule has 3 N–H and O–H groups in total. The van der Waals surface area contributed by atoms with E-state index >= 15 is 0 Å². The third-order valence-electron chi connectivity index (χ3n) is 4.19. The monoisotopic (exact) mass is 400 g/mol. The minimum atomic E-state index is -1.35. The van der Waals surface area contributed by atoms with Crippen molar-refractivity contribution in [3.63, 3.8) is 0 Å². The van der Waals surface area contributed by atoms with Crippen molar-refractivity contribution in [2.45, 2.75) is 33.8 Å². The average Bonchev–Trinajstić information content (AvgIpc) is 2.67. The first-order valence-electron chi connectivity index (χ1n) is 9.28. The van der Waals surface area contributed by atoms with Gasteiger partial charge in [0.05, 0.1) is 12.8 Å². The van der Waals surface area contributed by atoms with E-state index in [1.165, 1.54) is 7.11 Å². The molecule has 0 heterocycles. The highest BCUT2D eigenvalue weighted by molar-refractivity contribution is 5.97. The second-order valence-electron chi connectivity index (χ2n) is 7.70. The first-order valence-corrected chi connectivity index (χ1v) is 9.28. The van der Waals surface area contributed by atoms with E-state index in [-0.39, 0.29) is 12.5 Å². The van der Waals surface area contributed by atoms with Crippen LogP contribution in [0.5, 0.6) is 11.5 Å². The minimum Gasteiger partial charge on any atom is -0.494 e. The third kappa shape index (κ3) is 6.22. The number of benzene rings is 2. The molecule has 7 nitrogen and oxygen atoms in total. The van der Waals surface area contributed by atoms with Gasteiger partial charge in [-0.05, 0) is 30.7 Å². The van der Waals surface area contributed by atoms with E-state index in [0.717, 1.165) is 5.56 Å². The summed E-state index contributed by atoms with van der Waals surface area (Å²) in [7, 11) is 1.47. The molecule has 0 aromatic heterocycles. The normalized spacial score (nSPS) is 12.1. The summed E-state index contributed by atoms with van der Waals surface area (Å²) in [6.07, 6.45) is -1.35. The Bertz CT molecular complexity index is 874. The van der Waals surface area contributed by atoms with E-state index in [2.05, 4.69) is 10.6 Å². The Hall–Kier alpha value is -3.06. The van der Waals surface area contributed by atoms with E-state index in [9.17, 15) is 14.7 Å². The van der Waals surface area contributed by atoms with Crippen molar-refractivity contribution in [1.82, 2.24) is 0 Å². The van der Waals surface area contributed by atoms with Crippen LogP contribution >= 0.6 is 0 Å². The molecule has 0 aliphatic rings. The molecule has 2 aromatic rings. The summed E-state index contributed by atoms with van der Waals surface area (Å²) in [5.41, 5.74) is 1.28. The van der Waals surface area contributed by atoms with Crippen molar-refractivity contribution < 1.29 is 24.2 Å². The molecule has 0 saturated heterocycles. The van der Waals surface area contributed by atoms with Crippen molar-refractivity contribution in [3.05, 3.63) is 48.0 Å². The van der Waals surface area contributed by atoms with Crippen LogP contribution in [0, 0.1) is 12.3 Å². The van der Waals surface area contributed by atoms with Crippen LogP contribution in [0.25, 0.3) is 0 Å². The number of carbonyl (C=O) groups excluding carboxylic acids is 2. The quantitative estimate of drug-likeness (QED) is 0.662. The van der Waals surface area contributed by atoms with E-state index in [4.69, 9.17) is 9.47 Å². The molecule has 0 unspecified atom stereocenters. The lowest BCUT2D eigenvalue weighted by Crippen LogP contribution is -2.33. The van der Waals surface area contributed by atoms with Gasteiger partial charge in [-0.25, -0.2) is 0 Å². The second kappa shape index (κ2) is 9.43. The zero-order valence-electron chi connectivity index (χ0n) is 17.4. The maximum Gasteiger partial charge on any atom is 0.256 e. The first kappa shape index (κ1) is 22.2. The third-order valence-corrected chi connectivity index (χ3v) is 4.19. The fourth-order valence-electron chi connectivity index (χ4n) is 2.37. The molecule has 0 saturated carbocycles. The molecule has 7 heteroatoms. The van der Waals surface area contributed by atoms with Gasteiger partial charge in [-0.2, -0.15) is 0 Å². The highest BCUT2D eigenvalue weighted by Gasteiger charge is 2.23. The van der Waals surface area contributed by atoms with E-state index in [1.54, 1.807) is 24.3 Å². The van der Waals surface area contributed by atoms with E-state index < -0.39 is 17.4 Å². The standard InChI is InChI=1S/C22H28N2O5/c1-14-8-6-7-9-18(14)29-13-17(25)20(26)23-15-10-11-16(19(12-15)28-5)24-21(27)22(2,3)4/h6-12,17,25H,13H2,1-5H3,(H,23,26)(H,24,27)/t17-/m0/s1. The highest BCUT2D eigenvalue weighted by atomic mass is 16.5. The number of hydrogen-bond acceptors (Lipinski definition) is 5. The van der Waals surface area contributed by atoms with Crippen LogP contribution < -0.4 is 20.1 Å². The number of aliphatic hydroxyl groups excluding tert-OH is 1. The van der Waals surface area contributed by atoms with Gasteiger partial charge in [-0.3, -0.25) is 9.59 Å². The summed E-state index contributed by atoms with van der Waals surface area (Å²) < 4.78 is 10.8. The number of para-hydroxylation sites is 1.